The van der Waals surface area contributed by atoms with E-state index in [4.69, 9.17) is 0 Å². The van der Waals surface area contributed by atoms with Crippen LogP contribution in [0.2, 0.25) is 0 Å². The third-order valence-corrected chi connectivity index (χ3v) is 4.86. The molecular weight excluding hydrogens is 324 g/mol. The summed E-state index contributed by atoms with van der Waals surface area (Å²) in [4.78, 5) is 24.6. The molecule has 0 radical (unpaired) electrons. The average Bonchev–Trinajstić information content (AvgIpc) is 3.41. The van der Waals surface area contributed by atoms with Gasteiger partial charge in [-0.15, -0.1) is 0 Å². The van der Waals surface area contributed by atoms with Gasteiger partial charge in [0.2, 0.25) is 11.8 Å². The van der Waals surface area contributed by atoms with Crippen molar-refractivity contribution in [2.75, 3.05) is 5.32 Å². The van der Waals surface area contributed by atoms with E-state index in [1.54, 1.807) is 0 Å². The van der Waals surface area contributed by atoms with E-state index in [-0.39, 0.29) is 23.7 Å². The van der Waals surface area contributed by atoms with Gasteiger partial charge < -0.3 is 10.6 Å². The number of amides is 2. The van der Waals surface area contributed by atoms with Crippen molar-refractivity contribution in [2.45, 2.75) is 39.7 Å². The molecule has 0 saturated heterocycles. The second-order valence-corrected chi connectivity index (χ2v) is 7.42. The lowest BCUT2D eigenvalue weighted by Crippen LogP contribution is -2.27. The first-order valence-corrected chi connectivity index (χ1v) is 9.18. The average molecular weight is 350 g/mol. The van der Waals surface area contributed by atoms with Crippen molar-refractivity contribution in [1.82, 2.24) is 5.32 Å². The summed E-state index contributed by atoms with van der Waals surface area (Å²) in [5, 5.41) is 5.85. The van der Waals surface area contributed by atoms with Gasteiger partial charge >= 0.3 is 0 Å². The van der Waals surface area contributed by atoms with Crippen molar-refractivity contribution < 1.29 is 9.59 Å². The highest BCUT2D eigenvalue weighted by Gasteiger charge is 2.47. The number of rotatable bonds is 6. The molecule has 0 heterocycles. The van der Waals surface area contributed by atoms with Crippen LogP contribution < -0.4 is 10.6 Å². The van der Waals surface area contributed by atoms with Gasteiger partial charge in [0.1, 0.15) is 0 Å². The molecule has 1 fully saturated rings. The first-order chi connectivity index (χ1) is 12.4. The fraction of sp³-hybridized carbons (Fsp3) is 0.364. The van der Waals surface area contributed by atoms with Gasteiger partial charge in [-0.2, -0.15) is 0 Å². The molecule has 2 unspecified atom stereocenters. The maximum absolute atomic E-state index is 12.3. The predicted molar refractivity (Wildman–Crippen MR) is 104 cm³/mol. The minimum absolute atomic E-state index is 0.0400. The molecule has 0 spiro atoms. The summed E-state index contributed by atoms with van der Waals surface area (Å²) in [6.07, 6.45) is 0.621. The largest absolute Gasteiger partial charge is 0.352 e. The molecule has 2 aromatic carbocycles. The van der Waals surface area contributed by atoms with Crippen LogP contribution in [0.5, 0.6) is 0 Å². The Morgan fingerprint density at radius 1 is 1.04 bits per heavy atom. The van der Waals surface area contributed by atoms with Crippen LogP contribution in [0.3, 0.4) is 0 Å². The normalized spacial score (nSPS) is 18.5. The molecule has 2 atom stereocenters. The highest BCUT2D eigenvalue weighted by Crippen LogP contribution is 2.39. The van der Waals surface area contributed by atoms with E-state index in [1.807, 2.05) is 49.4 Å². The molecule has 0 aliphatic heterocycles. The minimum atomic E-state index is -0.225. The Morgan fingerprint density at radius 2 is 1.73 bits per heavy atom. The Labute approximate surface area is 155 Å². The number of hydrogen-bond donors (Lipinski definition) is 2. The predicted octanol–water partition coefficient (Wildman–Crippen LogP) is 4.01. The van der Waals surface area contributed by atoms with Crippen molar-refractivity contribution in [3.05, 3.63) is 65.2 Å². The zero-order valence-electron chi connectivity index (χ0n) is 15.6. The molecule has 136 valence electrons. The van der Waals surface area contributed by atoms with Crippen LogP contribution in [0.25, 0.3) is 0 Å². The van der Waals surface area contributed by atoms with Crippen LogP contribution in [-0.2, 0) is 16.1 Å². The molecule has 1 aliphatic rings. The maximum atomic E-state index is 12.3. The summed E-state index contributed by atoms with van der Waals surface area (Å²) in [7, 11) is 0. The number of carbonyl (C=O) groups excluding carboxylic acids is 2. The fourth-order valence-corrected chi connectivity index (χ4v) is 3.10. The maximum Gasteiger partial charge on any atom is 0.228 e. The van der Waals surface area contributed by atoms with Crippen molar-refractivity contribution in [3.8, 4) is 0 Å². The molecule has 0 bridgehead atoms. The van der Waals surface area contributed by atoms with Crippen molar-refractivity contribution in [3.63, 3.8) is 0 Å². The molecule has 4 nitrogen and oxygen atoms in total. The molecular formula is C22H26N2O2. The van der Waals surface area contributed by atoms with E-state index in [1.165, 1.54) is 11.1 Å². The van der Waals surface area contributed by atoms with E-state index >= 15 is 0 Å². The summed E-state index contributed by atoms with van der Waals surface area (Å²) in [5.74, 6) is -0.0866. The lowest BCUT2D eigenvalue weighted by Gasteiger charge is -2.09. The van der Waals surface area contributed by atoms with Gasteiger partial charge in [-0.3, -0.25) is 9.59 Å². The van der Waals surface area contributed by atoms with Gasteiger partial charge in [-0.05, 0) is 42.5 Å². The Bertz CT molecular complexity index is 796. The molecule has 0 aromatic heterocycles. The van der Waals surface area contributed by atoms with E-state index < -0.39 is 0 Å². The smallest absolute Gasteiger partial charge is 0.228 e. The number of carbonyl (C=O) groups is 2. The van der Waals surface area contributed by atoms with E-state index in [0.717, 1.165) is 11.3 Å². The minimum Gasteiger partial charge on any atom is -0.352 e. The summed E-state index contributed by atoms with van der Waals surface area (Å²) < 4.78 is 0. The Balaban J connectivity index is 1.48. The first kappa shape index (κ1) is 18.2. The van der Waals surface area contributed by atoms with Crippen LogP contribution in [0.4, 0.5) is 5.69 Å². The Hall–Kier alpha value is -2.62. The monoisotopic (exact) mass is 350 g/mol. The second kappa shape index (κ2) is 7.73. The highest BCUT2D eigenvalue weighted by molar-refractivity contribution is 5.99. The molecule has 2 amide bonds. The summed E-state index contributed by atoms with van der Waals surface area (Å²) in [6, 6.07) is 15.9. The number of aryl methyl sites for hydroxylation is 1. The van der Waals surface area contributed by atoms with Gasteiger partial charge in [0.25, 0.3) is 0 Å². The van der Waals surface area contributed by atoms with Gasteiger partial charge in [-0.25, -0.2) is 0 Å². The lowest BCUT2D eigenvalue weighted by molar-refractivity contribution is -0.125. The van der Waals surface area contributed by atoms with Crippen molar-refractivity contribution in [2.24, 2.45) is 11.8 Å². The number of nitrogens with one attached hydrogen (secondary N) is 2. The number of benzene rings is 2. The second-order valence-electron chi connectivity index (χ2n) is 7.42. The van der Waals surface area contributed by atoms with Crippen LogP contribution >= 0.6 is 0 Å². The Morgan fingerprint density at radius 3 is 2.38 bits per heavy atom. The molecule has 1 saturated carbocycles. The molecule has 2 N–H and O–H groups in total. The number of anilines is 1. The molecule has 26 heavy (non-hydrogen) atoms. The SMILES string of the molecule is Cc1cccc(CNC(=O)C2CC2C(=O)Nc2ccc(C(C)C)cc2)c1. The van der Waals surface area contributed by atoms with Crippen LogP contribution in [-0.4, -0.2) is 11.8 Å². The summed E-state index contributed by atoms with van der Waals surface area (Å²) >= 11 is 0. The molecule has 1 aliphatic carbocycles. The number of hydrogen-bond acceptors (Lipinski definition) is 2. The van der Waals surface area contributed by atoms with Gasteiger partial charge in [0.15, 0.2) is 0 Å². The molecule has 2 aromatic rings. The third kappa shape index (κ3) is 4.51. The van der Waals surface area contributed by atoms with E-state index in [2.05, 4.69) is 30.5 Å². The first-order valence-electron chi connectivity index (χ1n) is 9.18. The van der Waals surface area contributed by atoms with Gasteiger partial charge in [0.05, 0.1) is 11.8 Å². The molecule has 4 heteroatoms. The van der Waals surface area contributed by atoms with Crippen LogP contribution in [0.1, 0.15) is 42.9 Å². The summed E-state index contributed by atoms with van der Waals surface area (Å²) in [5.41, 5.74) is 4.27. The zero-order chi connectivity index (χ0) is 18.7. The van der Waals surface area contributed by atoms with Gasteiger partial charge in [0, 0.05) is 12.2 Å². The van der Waals surface area contributed by atoms with E-state index in [0.29, 0.717) is 18.9 Å². The third-order valence-electron chi connectivity index (χ3n) is 4.86. The van der Waals surface area contributed by atoms with Crippen molar-refractivity contribution in [1.29, 1.82) is 0 Å². The zero-order valence-corrected chi connectivity index (χ0v) is 15.6. The highest BCUT2D eigenvalue weighted by atomic mass is 16.2. The quantitative estimate of drug-likeness (QED) is 0.827. The Kier molecular flexibility index (Phi) is 5.40. The van der Waals surface area contributed by atoms with Crippen LogP contribution in [0.15, 0.2) is 48.5 Å². The lowest BCUT2D eigenvalue weighted by atomic mass is 10.0. The van der Waals surface area contributed by atoms with Crippen molar-refractivity contribution >= 4 is 17.5 Å². The fourth-order valence-electron chi connectivity index (χ4n) is 3.10. The van der Waals surface area contributed by atoms with Gasteiger partial charge in [-0.1, -0.05) is 55.8 Å². The standard InChI is InChI=1S/C22H26N2O2/c1-14(2)17-7-9-18(10-8-17)24-22(26)20-12-19(20)21(25)23-13-16-6-4-5-15(3)11-16/h4-11,14,19-20H,12-13H2,1-3H3,(H,23,25)(H,24,26). The summed E-state index contributed by atoms with van der Waals surface area (Å²) in [6.45, 7) is 6.80. The van der Waals surface area contributed by atoms with E-state index in [9.17, 15) is 9.59 Å². The molecule has 3 rings (SSSR count). The topological polar surface area (TPSA) is 58.2 Å². The van der Waals surface area contributed by atoms with Crippen LogP contribution in [0, 0.1) is 18.8 Å².